The lowest BCUT2D eigenvalue weighted by Gasteiger charge is -2.28. The van der Waals surface area contributed by atoms with Crippen LogP contribution < -0.4 is 9.62 Å². The Kier molecular flexibility index (Phi) is 5.36. The van der Waals surface area contributed by atoms with E-state index in [1.54, 1.807) is 30.3 Å². The molecule has 118 valence electrons. The van der Waals surface area contributed by atoms with Gasteiger partial charge in [-0.1, -0.05) is 18.2 Å². The fourth-order valence-electron chi connectivity index (χ4n) is 1.69. The fraction of sp³-hybridized carbons (Fsp3) is 0.500. The van der Waals surface area contributed by atoms with Crippen LogP contribution in [0.3, 0.4) is 0 Å². The summed E-state index contributed by atoms with van der Waals surface area (Å²) in [5.74, 6) is -0.350. The van der Waals surface area contributed by atoms with Gasteiger partial charge in [-0.15, -0.1) is 0 Å². The fourth-order valence-corrected chi connectivity index (χ4v) is 2.75. The molecule has 0 unspecified atom stereocenters. The average molecular weight is 313 g/mol. The molecule has 0 fully saturated rings. The van der Waals surface area contributed by atoms with Gasteiger partial charge in [0.15, 0.2) is 0 Å². The van der Waals surface area contributed by atoms with Gasteiger partial charge in [0.1, 0.15) is 6.54 Å². The van der Waals surface area contributed by atoms with Crippen LogP contribution >= 0.6 is 0 Å². The van der Waals surface area contributed by atoms with Crippen molar-refractivity contribution in [1.29, 1.82) is 0 Å². The van der Waals surface area contributed by atoms with E-state index in [-0.39, 0.29) is 12.5 Å². The van der Waals surface area contributed by atoms with Crippen LogP contribution in [0.2, 0.25) is 0 Å². The van der Waals surface area contributed by atoms with Crippen LogP contribution in [-0.2, 0) is 15.0 Å². The quantitative estimate of drug-likeness (QED) is 0.888. The molecule has 0 aliphatic rings. The van der Waals surface area contributed by atoms with Crippen molar-refractivity contribution in [2.45, 2.75) is 26.3 Å². The molecule has 0 aliphatic heterocycles. The lowest BCUT2D eigenvalue weighted by molar-refractivity contribution is -0.121. The number of carbonyl (C=O) groups excluding carboxylic acids is 1. The van der Waals surface area contributed by atoms with Crippen LogP contribution in [0.15, 0.2) is 30.3 Å². The number of amides is 1. The van der Waals surface area contributed by atoms with Crippen molar-refractivity contribution < 1.29 is 13.2 Å². The molecule has 0 bridgehead atoms. The van der Waals surface area contributed by atoms with Gasteiger partial charge < -0.3 is 5.32 Å². The zero-order valence-electron chi connectivity index (χ0n) is 13.1. The molecule has 0 saturated carbocycles. The molecule has 0 aromatic heterocycles. The first-order chi connectivity index (χ1) is 9.54. The molecule has 0 heterocycles. The van der Waals surface area contributed by atoms with E-state index in [9.17, 15) is 13.2 Å². The summed E-state index contributed by atoms with van der Waals surface area (Å²) in [6, 6.07) is 8.57. The Hall–Kier alpha value is -1.60. The van der Waals surface area contributed by atoms with Crippen LogP contribution in [-0.4, -0.2) is 44.8 Å². The van der Waals surface area contributed by atoms with Crippen molar-refractivity contribution in [1.82, 2.24) is 9.62 Å². The molecular formula is C14H23N3O3S. The summed E-state index contributed by atoms with van der Waals surface area (Å²) in [5.41, 5.74) is 0.0386. The Labute approximate surface area is 126 Å². The first-order valence-corrected chi connectivity index (χ1v) is 8.00. The number of hydrogen-bond acceptors (Lipinski definition) is 3. The highest BCUT2D eigenvalue weighted by molar-refractivity contribution is 7.90. The van der Waals surface area contributed by atoms with Crippen LogP contribution in [0, 0.1) is 0 Å². The van der Waals surface area contributed by atoms with E-state index in [2.05, 4.69) is 5.32 Å². The first-order valence-electron chi connectivity index (χ1n) is 6.60. The number of carbonyl (C=O) groups is 1. The normalized spacial score (nSPS) is 12.3. The topological polar surface area (TPSA) is 69.7 Å². The van der Waals surface area contributed by atoms with E-state index in [0.29, 0.717) is 5.69 Å². The molecule has 1 amide bonds. The molecule has 0 radical (unpaired) electrons. The van der Waals surface area contributed by atoms with E-state index in [1.807, 2.05) is 20.8 Å². The van der Waals surface area contributed by atoms with Crippen molar-refractivity contribution in [2.24, 2.45) is 0 Å². The minimum atomic E-state index is -3.74. The Bertz CT molecular complexity index is 577. The molecule has 1 rings (SSSR count). The van der Waals surface area contributed by atoms with Gasteiger partial charge in [0.05, 0.1) is 5.69 Å². The molecular weight excluding hydrogens is 290 g/mol. The summed E-state index contributed by atoms with van der Waals surface area (Å²) < 4.78 is 27.0. The number of anilines is 1. The third-order valence-electron chi connectivity index (χ3n) is 2.59. The summed E-state index contributed by atoms with van der Waals surface area (Å²) in [6.07, 6.45) is 0. The molecule has 0 atom stereocenters. The van der Waals surface area contributed by atoms with Crippen molar-refractivity contribution in [3.05, 3.63) is 30.3 Å². The first kappa shape index (κ1) is 17.5. The average Bonchev–Trinajstić information content (AvgIpc) is 2.34. The largest absolute Gasteiger partial charge is 0.350 e. The molecule has 6 nitrogen and oxygen atoms in total. The molecule has 1 N–H and O–H groups in total. The second kappa shape index (κ2) is 6.44. The SMILES string of the molecule is CN(C)S(=O)(=O)N(CC(=O)NC(C)(C)C)c1ccccc1. The number of rotatable bonds is 5. The number of hydrogen-bond donors (Lipinski definition) is 1. The summed E-state index contributed by atoms with van der Waals surface area (Å²) in [6.45, 7) is 5.27. The van der Waals surface area contributed by atoms with Gasteiger partial charge in [-0.05, 0) is 32.9 Å². The highest BCUT2D eigenvalue weighted by Crippen LogP contribution is 2.18. The van der Waals surface area contributed by atoms with E-state index >= 15 is 0 Å². The lowest BCUT2D eigenvalue weighted by Crippen LogP contribution is -2.49. The van der Waals surface area contributed by atoms with Crippen LogP contribution in [0.25, 0.3) is 0 Å². The minimum absolute atomic E-state index is 0.262. The number of benzene rings is 1. The van der Waals surface area contributed by atoms with Crippen molar-refractivity contribution in [2.75, 3.05) is 24.9 Å². The van der Waals surface area contributed by atoms with E-state index in [0.717, 1.165) is 8.61 Å². The standard InChI is InChI=1S/C14H23N3O3S/c1-14(2,3)15-13(18)11-17(21(19,20)16(4)5)12-9-7-6-8-10-12/h6-10H,11H2,1-5H3,(H,15,18). The summed E-state index contributed by atoms with van der Waals surface area (Å²) in [7, 11) is -0.862. The number of para-hydroxylation sites is 1. The minimum Gasteiger partial charge on any atom is -0.350 e. The van der Waals surface area contributed by atoms with Gasteiger partial charge in [-0.3, -0.25) is 4.79 Å². The maximum atomic E-state index is 12.4. The Morgan fingerprint density at radius 2 is 1.67 bits per heavy atom. The molecule has 0 aliphatic carbocycles. The number of nitrogens with zero attached hydrogens (tertiary/aromatic N) is 2. The maximum Gasteiger partial charge on any atom is 0.304 e. The predicted octanol–water partition coefficient (Wildman–Crippen LogP) is 1.21. The van der Waals surface area contributed by atoms with Crippen LogP contribution in [0.1, 0.15) is 20.8 Å². The zero-order valence-corrected chi connectivity index (χ0v) is 13.9. The molecule has 1 aromatic rings. The maximum absolute atomic E-state index is 12.4. The second-order valence-electron chi connectivity index (χ2n) is 5.93. The van der Waals surface area contributed by atoms with E-state index in [1.165, 1.54) is 14.1 Å². The van der Waals surface area contributed by atoms with Crippen molar-refractivity contribution in [3.63, 3.8) is 0 Å². The highest BCUT2D eigenvalue weighted by atomic mass is 32.2. The van der Waals surface area contributed by atoms with Gasteiger partial charge in [-0.2, -0.15) is 12.7 Å². The summed E-state index contributed by atoms with van der Waals surface area (Å²) >= 11 is 0. The predicted molar refractivity (Wildman–Crippen MR) is 84.3 cm³/mol. The molecule has 7 heteroatoms. The smallest absolute Gasteiger partial charge is 0.304 e. The van der Waals surface area contributed by atoms with Crippen LogP contribution in [0.4, 0.5) is 5.69 Å². The Morgan fingerprint density at radius 1 is 1.14 bits per heavy atom. The molecule has 1 aromatic carbocycles. The molecule has 0 saturated heterocycles. The van der Waals surface area contributed by atoms with Gasteiger partial charge in [0.25, 0.3) is 0 Å². The van der Waals surface area contributed by atoms with Crippen molar-refractivity contribution in [3.8, 4) is 0 Å². The summed E-state index contributed by atoms with van der Waals surface area (Å²) in [4.78, 5) is 12.1. The third-order valence-corrected chi connectivity index (χ3v) is 4.41. The highest BCUT2D eigenvalue weighted by Gasteiger charge is 2.28. The second-order valence-corrected chi connectivity index (χ2v) is 8.00. The monoisotopic (exact) mass is 313 g/mol. The van der Waals surface area contributed by atoms with E-state index < -0.39 is 15.7 Å². The van der Waals surface area contributed by atoms with Gasteiger partial charge in [0.2, 0.25) is 5.91 Å². The zero-order chi connectivity index (χ0) is 16.3. The van der Waals surface area contributed by atoms with Gasteiger partial charge in [0, 0.05) is 19.6 Å². The summed E-state index contributed by atoms with van der Waals surface area (Å²) in [5, 5.41) is 2.77. The molecule has 0 spiro atoms. The number of nitrogens with one attached hydrogen (secondary N) is 1. The van der Waals surface area contributed by atoms with Gasteiger partial charge in [-0.25, -0.2) is 4.31 Å². The Balaban J connectivity index is 3.08. The lowest BCUT2D eigenvalue weighted by atomic mass is 10.1. The Morgan fingerprint density at radius 3 is 2.10 bits per heavy atom. The molecule has 21 heavy (non-hydrogen) atoms. The van der Waals surface area contributed by atoms with Gasteiger partial charge >= 0.3 is 10.2 Å². The van der Waals surface area contributed by atoms with Crippen LogP contribution in [0.5, 0.6) is 0 Å². The van der Waals surface area contributed by atoms with Crippen molar-refractivity contribution >= 4 is 21.8 Å². The van der Waals surface area contributed by atoms with E-state index in [4.69, 9.17) is 0 Å². The third kappa shape index (κ3) is 5.02.